The Balaban J connectivity index is 2.01. The van der Waals surface area contributed by atoms with Gasteiger partial charge >= 0.3 is 6.09 Å². The average molecular weight is 187 g/mol. The number of carbonyl (C=O) groups excluding carboxylic acids is 1. The Morgan fingerprint density at radius 2 is 2.46 bits per heavy atom. The van der Waals surface area contributed by atoms with E-state index in [0.717, 1.165) is 19.4 Å². The van der Waals surface area contributed by atoms with Gasteiger partial charge in [-0.2, -0.15) is 0 Å². The van der Waals surface area contributed by atoms with Gasteiger partial charge in [-0.1, -0.05) is 0 Å². The van der Waals surface area contributed by atoms with Crippen LogP contribution in [0.25, 0.3) is 0 Å². The fraction of sp³-hybridized carbons (Fsp3) is 0.889. The van der Waals surface area contributed by atoms with Crippen LogP contribution in [0.2, 0.25) is 0 Å². The highest BCUT2D eigenvalue weighted by molar-refractivity contribution is 5.66. The summed E-state index contributed by atoms with van der Waals surface area (Å²) in [5.74, 6) is 0. The Morgan fingerprint density at radius 3 is 3.08 bits per heavy atom. The second kappa shape index (κ2) is 5.80. The molecular weight excluding hydrogens is 170 g/mol. The molecule has 1 aliphatic heterocycles. The molecule has 0 unspecified atom stereocenters. The summed E-state index contributed by atoms with van der Waals surface area (Å²) in [5.41, 5.74) is 0. The molecule has 76 valence electrons. The number of hydrogen-bond acceptors (Lipinski definition) is 3. The van der Waals surface area contributed by atoms with E-state index in [1.54, 1.807) is 0 Å². The van der Waals surface area contributed by atoms with E-state index in [0.29, 0.717) is 12.6 Å². The minimum Gasteiger partial charge on any atom is -0.453 e. The lowest BCUT2D eigenvalue weighted by molar-refractivity contribution is 0.0116. The van der Waals surface area contributed by atoms with Crippen LogP contribution in [0.4, 0.5) is 4.79 Å². The van der Waals surface area contributed by atoms with Crippen molar-refractivity contribution in [3.8, 4) is 0 Å². The molecule has 1 heterocycles. The first kappa shape index (κ1) is 10.3. The van der Waals surface area contributed by atoms with Crippen LogP contribution in [0.3, 0.4) is 0 Å². The first-order valence-corrected chi connectivity index (χ1v) is 4.76. The summed E-state index contributed by atoms with van der Waals surface area (Å²) in [6, 6.07) is 0. The summed E-state index contributed by atoms with van der Waals surface area (Å²) in [4.78, 5) is 10.7. The molecule has 0 aromatic carbocycles. The van der Waals surface area contributed by atoms with Crippen molar-refractivity contribution in [2.75, 3.05) is 20.3 Å². The molecule has 0 aromatic heterocycles. The molecule has 1 amide bonds. The van der Waals surface area contributed by atoms with Crippen molar-refractivity contribution < 1.29 is 14.3 Å². The third kappa shape index (κ3) is 4.12. The Kier molecular flexibility index (Phi) is 4.60. The molecule has 0 aromatic rings. The monoisotopic (exact) mass is 187 g/mol. The predicted molar refractivity (Wildman–Crippen MR) is 48.6 cm³/mol. The number of alkyl carbamates (subject to hydrolysis) is 1. The molecule has 0 aliphatic carbocycles. The van der Waals surface area contributed by atoms with Gasteiger partial charge in [0.2, 0.25) is 0 Å². The van der Waals surface area contributed by atoms with E-state index < -0.39 is 0 Å². The summed E-state index contributed by atoms with van der Waals surface area (Å²) in [5, 5.41) is 2.64. The Labute approximate surface area is 78.6 Å². The van der Waals surface area contributed by atoms with Crippen molar-refractivity contribution in [2.24, 2.45) is 0 Å². The van der Waals surface area contributed by atoms with Crippen LogP contribution in [0.1, 0.15) is 25.7 Å². The van der Waals surface area contributed by atoms with Gasteiger partial charge in [-0.05, 0) is 25.7 Å². The first-order chi connectivity index (χ1) is 6.33. The van der Waals surface area contributed by atoms with E-state index in [1.165, 1.54) is 20.0 Å². The summed E-state index contributed by atoms with van der Waals surface area (Å²) < 4.78 is 9.95. The summed E-state index contributed by atoms with van der Waals surface area (Å²) in [6.07, 6.45) is 4.36. The van der Waals surface area contributed by atoms with Gasteiger partial charge in [0.05, 0.1) is 13.2 Å². The Morgan fingerprint density at radius 1 is 1.62 bits per heavy atom. The zero-order valence-corrected chi connectivity index (χ0v) is 8.04. The largest absolute Gasteiger partial charge is 0.453 e. The molecule has 4 nitrogen and oxygen atoms in total. The quantitative estimate of drug-likeness (QED) is 0.724. The molecule has 1 aliphatic rings. The number of ether oxygens (including phenoxy) is 2. The maximum absolute atomic E-state index is 10.7. The maximum atomic E-state index is 10.7. The van der Waals surface area contributed by atoms with E-state index in [9.17, 15) is 4.79 Å². The molecule has 4 heteroatoms. The summed E-state index contributed by atoms with van der Waals surface area (Å²) in [6.45, 7) is 1.50. The van der Waals surface area contributed by atoms with Gasteiger partial charge in [0.1, 0.15) is 0 Å². The highest BCUT2D eigenvalue weighted by Crippen LogP contribution is 2.14. The molecule has 0 saturated carbocycles. The van der Waals surface area contributed by atoms with E-state index in [1.807, 2.05) is 0 Å². The third-order valence-corrected chi connectivity index (χ3v) is 2.20. The number of methoxy groups -OCH3 is 1. The Hall–Kier alpha value is -0.770. The fourth-order valence-electron chi connectivity index (χ4n) is 1.44. The van der Waals surface area contributed by atoms with Gasteiger partial charge in [0.15, 0.2) is 0 Å². The van der Waals surface area contributed by atoms with Gasteiger partial charge < -0.3 is 14.8 Å². The van der Waals surface area contributed by atoms with E-state index in [-0.39, 0.29) is 6.09 Å². The molecule has 1 saturated heterocycles. The normalized spacial score (nSPS) is 22.4. The molecular formula is C9H17NO3. The van der Waals surface area contributed by atoms with Crippen molar-refractivity contribution >= 4 is 6.09 Å². The van der Waals surface area contributed by atoms with Crippen LogP contribution >= 0.6 is 0 Å². The number of rotatable bonds is 3. The third-order valence-electron chi connectivity index (χ3n) is 2.20. The SMILES string of the molecule is COC(=O)NCC[C@@H]1CCCCO1. The van der Waals surface area contributed by atoms with Crippen LogP contribution in [0.5, 0.6) is 0 Å². The summed E-state index contributed by atoms with van der Waals surface area (Å²) >= 11 is 0. The van der Waals surface area contributed by atoms with Crippen LogP contribution in [0.15, 0.2) is 0 Å². The first-order valence-electron chi connectivity index (χ1n) is 4.76. The molecule has 1 N–H and O–H groups in total. The van der Waals surface area contributed by atoms with E-state index in [2.05, 4.69) is 10.1 Å². The maximum Gasteiger partial charge on any atom is 0.406 e. The van der Waals surface area contributed by atoms with Crippen molar-refractivity contribution in [1.82, 2.24) is 5.32 Å². The van der Waals surface area contributed by atoms with Gasteiger partial charge in [-0.15, -0.1) is 0 Å². The highest BCUT2D eigenvalue weighted by atomic mass is 16.5. The smallest absolute Gasteiger partial charge is 0.406 e. The standard InChI is InChI=1S/C9H17NO3/c1-12-9(11)10-6-5-8-4-2-3-7-13-8/h8H,2-7H2,1H3,(H,10,11)/t8-/m0/s1. The van der Waals surface area contributed by atoms with Crippen molar-refractivity contribution in [3.63, 3.8) is 0 Å². The van der Waals surface area contributed by atoms with Crippen LogP contribution < -0.4 is 5.32 Å². The molecule has 1 fully saturated rings. The van der Waals surface area contributed by atoms with Gasteiger partial charge in [-0.25, -0.2) is 4.79 Å². The lowest BCUT2D eigenvalue weighted by atomic mass is 10.1. The summed E-state index contributed by atoms with van der Waals surface area (Å²) in [7, 11) is 1.37. The lowest BCUT2D eigenvalue weighted by Crippen LogP contribution is -2.29. The van der Waals surface area contributed by atoms with Gasteiger partial charge in [0, 0.05) is 13.2 Å². The van der Waals surface area contributed by atoms with Crippen molar-refractivity contribution in [2.45, 2.75) is 31.8 Å². The minimum atomic E-state index is -0.365. The number of carbonyl (C=O) groups is 1. The minimum absolute atomic E-state index is 0.325. The molecule has 1 atom stereocenters. The van der Waals surface area contributed by atoms with E-state index in [4.69, 9.17) is 4.74 Å². The van der Waals surface area contributed by atoms with E-state index >= 15 is 0 Å². The fourth-order valence-corrected chi connectivity index (χ4v) is 1.44. The van der Waals surface area contributed by atoms with Crippen LogP contribution in [-0.4, -0.2) is 32.5 Å². The lowest BCUT2D eigenvalue weighted by Gasteiger charge is -2.22. The van der Waals surface area contributed by atoms with Crippen molar-refractivity contribution in [1.29, 1.82) is 0 Å². The van der Waals surface area contributed by atoms with Gasteiger partial charge in [-0.3, -0.25) is 0 Å². The zero-order chi connectivity index (χ0) is 9.52. The second-order valence-electron chi connectivity index (χ2n) is 3.20. The predicted octanol–water partition coefficient (Wildman–Crippen LogP) is 1.30. The zero-order valence-electron chi connectivity index (χ0n) is 8.04. The molecule has 13 heavy (non-hydrogen) atoms. The van der Waals surface area contributed by atoms with Gasteiger partial charge in [0.25, 0.3) is 0 Å². The highest BCUT2D eigenvalue weighted by Gasteiger charge is 2.13. The van der Waals surface area contributed by atoms with Crippen molar-refractivity contribution in [3.05, 3.63) is 0 Å². The number of hydrogen-bond donors (Lipinski definition) is 1. The molecule has 0 bridgehead atoms. The second-order valence-corrected chi connectivity index (χ2v) is 3.20. The number of amides is 1. The van der Waals surface area contributed by atoms with Crippen LogP contribution in [-0.2, 0) is 9.47 Å². The molecule has 1 rings (SSSR count). The topological polar surface area (TPSA) is 47.6 Å². The number of nitrogens with one attached hydrogen (secondary N) is 1. The molecule has 0 spiro atoms. The average Bonchev–Trinajstić information content (AvgIpc) is 2.19. The Bertz CT molecular complexity index is 155. The molecule has 0 radical (unpaired) electrons. The van der Waals surface area contributed by atoms with Crippen LogP contribution in [0, 0.1) is 0 Å².